The van der Waals surface area contributed by atoms with Crippen molar-refractivity contribution in [1.82, 2.24) is 5.32 Å². The number of ether oxygens (including phenoxy) is 1. The maximum Gasteiger partial charge on any atom is 0.262 e. The summed E-state index contributed by atoms with van der Waals surface area (Å²) in [6.07, 6.45) is 0.826. The van der Waals surface area contributed by atoms with E-state index < -0.39 is 0 Å². The Morgan fingerprint density at radius 2 is 2.24 bits per heavy atom. The monoisotopic (exact) mass is 291 g/mol. The van der Waals surface area contributed by atoms with Crippen LogP contribution < -0.4 is 21.1 Å². The van der Waals surface area contributed by atoms with Gasteiger partial charge in [-0.1, -0.05) is 13.8 Å². The van der Waals surface area contributed by atoms with Gasteiger partial charge in [0.05, 0.1) is 5.69 Å². The Bertz CT molecular complexity index is 543. The van der Waals surface area contributed by atoms with Crippen molar-refractivity contribution in [2.45, 2.75) is 26.3 Å². The summed E-state index contributed by atoms with van der Waals surface area (Å²) in [5.74, 6) is 0.604. The molecule has 0 bridgehead atoms. The van der Waals surface area contributed by atoms with Crippen LogP contribution in [0.3, 0.4) is 0 Å². The van der Waals surface area contributed by atoms with Gasteiger partial charge in [0.25, 0.3) is 11.8 Å². The Kier molecular flexibility index (Phi) is 4.80. The van der Waals surface area contributed by atoms with Crippen LogP contribution in [-0.4, -0.2) is 31.0 Å². The second kappa shape index (κ2) is 6.58. The summed E-state index contributed by atoms with van der Waals surface area (Å²) < 4.78 is 5.26. The van der Waals surface area contributed by atoms with Crippen molar-refractivity contribution in [3.8, 4) is 5.75 Å². The first kappa shape index (κ1) is 15.3. The number of benzene rings is 1. The maximum atomic E-state index is 12.2. The molecular formula is C15H21N3O3. The van der Waals surface area contributed by atoms with Gasteiger partial charge in [0.15, 0.2) is 6.61 Å². The van der Waals surface area contributed by atoms with Crippen LogP contribution in [0.25, 0.3) is 0 Å². The van der Waals surface area contributed by atoms with Crippen LogP contribution in [0.15, 0.2) is 18.2 Å². The molecule has 0 fully saturated rings. The zero-order valence-corrected chi connectivity index (χ0v) is 12.3. The highest BCUT2D eigenvalue weighted by Crippen LogP contribution is 2.28. The minimum absolute atomic E-state index is 0.00216. The van der Waals surface area contributed by atoms with E-state index in [0.717, 1.165) is 6.42 Å². The molecule has 2 amide bonds. The van der Waals surface area contributed by atoms with E-state index in [1.54, 1.807) is 18.2 Å². The van der Waals surface area contributed by atoms with E-state index in [2.05, 4.69) is 24.5 Å². The Hall–Kier alpha value is -2.08. The number of nitrogens with two attached hydrogens (primary N) is 1. The average Bonchev–Trinajstić information content (AvgIpc) is 2.45. The van der Waals surface area contributed by atoms with Crippen molar-refractivity contribution in [2.24, 2.45) is 11.7 Å². The second-order valence-electron chi connectivity index (χ2n) is 5.58. The third-order valence-electron chi connectivity index (χ3n) is 3.25. The van der Waals surface area contributed by atoms with Crippen LogP contribution in [-0.2, 0) is 4.79 Å². The molecular weight excluding hydrogens is 270 g/mol. The summed E-state index contributed by atoms with van der Waals surface area (Å²) >= 11 is 0. The fourth-order valence-corrected chi connectivity index (χ4v) is 2.28. The van der Waals surface area contributed by atoms with Crippen LogP contribution in [0.4, 0.5) is 5.69 Å². The lowest BCUT2D eigenvalue weighted by atomic mass is 10.0. The van der Waals surface area contributed by atoms with Gasteiger partial charge in [-0.2, -0.15) is 0 Å². The Balaban J connectivity index is 2.09. The highest BCUT2D eigenvalue weighted by molar-refractivity contribution is 5.99. The van der Waals surface area contributed by atoms with E-state index in [9.17, 15) is 9.59 Å². The molecule has 0 radical (unpaired) electrons. The van der Waals surface area contributed by atoms with Gasteiger partial charge < -0.3 is 21.1 Å². The number of fused-ring (bicyclic) bond motifs is 1. The first-order chi connectivity index (χ1) is 9.99. The van der Waals surface area contributed by atoms with Crippen molar-refractivity contribution in [3.63, 3.8) is 0 Å². The lowest BCUT2D eigenvalue weighted by Gasteiger charge is -2.21. The third kappa shape index (κ3) is 3.95. The molecule has 21 heavy (non-hydrogen) atoms. The molecule has 1 unspecified atom stereocenters. The molecule has 0 saturated carbocycles. The summed E-state index contributed by atoms with van der Waals surface area (Å²) in [4.78, 5) is 23.5. The zero-order valence-electron chi connectivity index (χ0n) is 12.3. The largest absolute Gasteiger partial charge is 0.482 e. The zero-order chi connectivity index (χ0) is 15.4. The van der Waals surface area contributed by atoms with E-state index in [0.29, 0.717) is 29.5 Å². The predicted octanol–water partition coefficient (Wildman–Crippen LogP) is 1.12. The van der Waals surface area contributed by atoms with Crippen LogP contribution in [0.1, 0.15) is 30.6 Å². The number of carbonyl (C=O) groups excluding carboxylic acids is 2. The Morgan fingerprint density at radius 3 is 2.90 bits per heavy atom. The molecule has 0 aromatic heterocycles. The number of nitrogens with one attached hydrogen (secondary N) is 2. The predicted molar refractivity (Wildman–Crippen MR) is 80.3 cm³/mol. The smallest absolute Gasteiger partial charge is 0.262 e. The van der Waals surface area contributed by atoms with Crippen LogP contribution in [0, 0.1) is 5.92 Å². The van der Waals surface area contributed by atoms with Gasteiger partial charge in [-0.05, 0) is 30.5 Å². The third-order valence-corrected chi connectivity index (χ3v) is 3.25. The van der Waals surface area contributed by atoms with Gasteiger partial charge >= 0.3 is 0 Å². The topological polar surface area (TPSA) is 93.5 Å². The molecule has 114 valence electrons. The number of rotatable bonds is 5. The standard InChI is InChI=1S/C15H21N3O3/c1-9(2)5-11(7-16)17-15(20)10-3-4-13-12(6-10)18-14(19)8-21-13/h3-4,6,9,11H,5,7-8,16H2,1-2H3,(H,17,20)(H,18,19). The van der Waals surface area contributed by atoms with Crippen LogP contribution >= 0.6 is 0 Å². The Labute approximate surface area is 124 Å². The molecule has 0 aliphatic carbocycles. The minimum Gasteiger partial charge on any atom is -0.482 e. The second-order valence-corrected chi connectivity index (χ2v) is 5.58. The van der Waals surface area contributed by atoms with E-state index in [1.165, 1.54) is 0 Å². The van der Waals surface area contributed by atoms with Crippen molar-refractivity contribution in [2.75, 3.05) is 18.5 Å². The maximum absolute atomic E-state index is 12.2. The van der Waals surface area contributed by atoms with E-state index in [4.69, 9.17) is 10.5 Å². The summed E-state index contributed by atoms with van der Waals surface area (Å²) in [6.45, 7) is 4.57. The number of amides is 2. The van der Waals surface area contributed by atoms with Crippen molar-refractivity contribution >= 4 is 17.5 Å². The molecule has 6 nitrogen and oxygen atoms in total. The van der Waals surface area contributed by atoms with E-state index in [1.807, 2.05) is 0 Å². The molecule has 1 heterocycles. The number of hydrogen-bond acceptors (Lipinski definition) is 4. The summed E-state index contributed by atoms with van der Waals surface area (Å²) in [7, 11) is 0. The van der Waals surface area contributed by atoms with Gasteiger partial charge in [-0.15, -0.1) is 0 Å². The molecule has 4 N–H and O–H groups in total. The van der Waals surface area contributed by atoms with Crippen molar-refractivity contribution in [3.05, 3.63) is 23.8 Å². The van der Waals surface area contributed by atoms with Gasteiger partial charge in [0.1, 0.15) is 5.75 Å². The van der Waals surface area contributed by atoms with Crippen molar-refractivity contribution < 1.29 is 14.3 Å². The van der Waals surface area contributed by atoms with Crippen LogP contribution in [0.2, 0.25) is 0 Å². The highest BCUT2D eigenvalue weighted by Gasteiger charge is 2.19. The lowest BCUT2D eigenvalue weighted by molar-refractivity contribution is -0.118. The molecule has 6 heteroatoms. The first-order valence-electron chi connectivity index (χ1n) is 7.07. The van der Waals surface area contributed by atoms with Gasteiger partial charge in [-0.25, -0.2) is 0 Å². The molecule has 1 aromatic carbocycles. The number of anilines is 1. The molecule has 1 aliphatic heterocycles. The van der Waals surface area contributed by atoms with Gasteiger partial charge in [0.2, 0.25) is 0 Å². The van der Waals surface area contributed by atoms with E-state index in [-0.39, 0.29) is 24.5 Å². The molecule has 1 aliphatic rings. The first-order valence-corrected chi connectivity index (χ1v) is 7.07. The summed E-state index contributed by atoms with van der Waals surface area (Å²) in [5, 5.41) is 5.60. The normalized spacial score (nSPS) is 15.0. The number of carbonyl (C=O) groups is 2. The quantitative estimate of drug-likeness (QED) is 0.758. The number of hydrogen-bond donors (Lipinski definition) is 3. The molecule has 1 aromatic rings. The average molecular weight is 291 g/mol. The van der Waals surface area contributed by atoms with Gasteiger partial charge in [-0.3, -0.25) is 9.59 Å². The van der Waals surface area contributed by atoms with Gasteiger partial charge in [0, 0.05) is 18.2 Å². The molecule has 0 spiro atoms. The fourth-order valence-electron chi connectivity index (χ4n) is 2.28. The summed E-state index contributed by atoms with van der Waals surface area (Å²) in [6, 6.07) is 4.92. The summed E-state index contributed by atoms with van der Waals surface area (Å²) in [5.41, 5.74) is 6.68. The molecule has 0 saturated heterocycles. The van der Waals surface area contributed by atoms with Crippen LogP contribution in [0.5, 0.6) is 5.75 Å². The lowest BCUT2D eigenvalue weighted by Crippen LogP contribution is -2.41. The SMILES string of the molecule is CC(C)CC(CN)NC(=O)c1ccc2c(c1)NC(=O)CO2. The van der Waals surface area contributed by atoms with E-state index >= 15 is 0 Å². The van der Waals surface area contributed by atoms with Crippen molar-refractivity contribution in [1.29, 1.82) is 0 Å². The highest BCUT2D eigenvalue weighted by atomic mass is 16.5. The Morgan fingerprint density at radius 1 is 1.48 bits per heavy atom. The molecule has 2 rings (SSSR count). The minimum atomic E-state index is -0.222. The molecule has 1 atom stereocenters. The fraction of sp³-hybridized carbons (Fsp3) is 0.467.